The van der Waals surface area contributed by atoms with Gasteiger partial charge in [-0.2, -0.15) is 5.26 Å². The Morgan fingerprint density at radius 1 is 1.14 bits per heavy atom. The van der Waals surface area contributed by atoms with E-state index in [4.69, 9.17) is 5.26 Å². The van der Waals surface area contributed by atoms with Crippen LogP contribution >= 0.6 is 0 Å². The zero-order valence-electron chi connectivity index (χ0n) is 11.4. The fraction of sp³-hybridized carbons (Fsp3) is 0. The van der Waals surface area contributed by atoms with E-state index in [1.807, 2.05) is 12.1 Å². The molecule has 2 aromatic carbocycles. The lowest BCUT2D eigenvalue weighted by Gasteiger charge is -2.03. The Morgan fingerprint density at radius 3 is 2.32 bits per heavy atom. The lowest BCUT2D eigenvalue weighted by Crippen LogP contribution is -2.13. The molecule has 0 aromatic heterocycles. The lowest BCUT2D eigenvalue weighted by atomic mass is 10.1. The van der Waals surface area contributed by atoms with Crippen LogP contribution in [0.4, 0.5) is 11.4 Å². The number of nitrogens with zero attached hydrogens (tertiary/aromatic N) is 2. The molecule has 2 rings (SSSR count). The average Bonchev–Trinajstić information content (AvgIpc) is 2.53. The fourth-order valence-electron chi connectivity index (χ4n) is 1.73. The van der Waals surface area contributed by atoms with Gasteiger partial charge in [0.15, 0.2) is 0 Å². The van der Waals surface area contributed by atoms with Crippen molar-refractivity contribution in [1.82, 2.24) is 0 Å². The largest absolute Gasteiger partial charge is 0.321 e. The minimum absolute atomic E-state index is 0.0515. The van der Waals surface area contributed by atoms with Crippen molar-refractivity contribution in [3.05, 3.63) is 75.8 Å². The zero-order chi connectivity index (χ0) is 15.9. The molecule has 0 unspecified atom stereocenters. The Balaban J connectivity index is 2.18. The monoisotopic (exact) mass is 293 g/mol. The molecule has 0 aliphatic heterocycles. The summed E-state index contributed by atoms with van der Waals surface area (Å²) in [7, 11) is 0. The van der Waals surface area contributed by atoms with Gasteiger partial charge in [-0.1, -0.05) is 18.2 Å². The van der Waals surface area contributed by atoms with Crippen LogP contribution in [0.3, 0.4) is 0 Å². The molecule has 0 spiro atoms. The highest BCUT2D eigenvalue weighted by Gasteiger charge is 2.10. The Kier molecular flexibility index (Phi) is 4.63. The third-order valence-corrected chi connectivity index (χ3v) is 2.81. The summed E-state index contributed by atoms with van der Waals surface area (Å²) in [6, 6.07) is 16.2. The molecule has 22 heavy (non-hydrogen) atoms. The van der Waals surface area contributed by atoms with Gasteiger partial charge in [-0.3, -0.25) is 14.9 Å². The van der Waals surface area contributed by atoms with Crippen LogP contribution in [0.5, 0.6) is 0 Å². The van der Waals surface area contributed by atoms with E-state index in [0.717, 1.165) is 0 Å². The van der Waals surface area contributed by atoms with E-state index in [0.29, 0.717) is 11.3 Å². The summed E-state index contributed by atoms with van der Waals surface area (Å²) < 4.78 is 0. The molecular weight excluding hydrogens is 282 g/mol. The zero-order valence-corrected chi connectivity index (χ0v) is 11.4. The number of nitro groups is 1. The van der Waals surface area contributed by atoms with Crippen LogP contribution in [0.1, 0.15) is 5.56 Å². The number of rotatable bonds is 4. The number of nitrogens with one attached hydrogen (secondary N) is 1. The first-order valence-electron chi connectivity index (χ1n) is 6.33. The van der Waals surface area contributed by atoms with E-state index in [2.05, 4.69) is 5.32 Å². The molecule has 0 saturated heterocycles. The summed E-state index contributed by atoms with van der Waals surface area (Å²) in [4.78, 5) is 22.1. The van der Waals surface area contributed by atoms with Gasteiger partial charge in [0.1, 0.15) is 11.6 Å². The van der Waals surface area contributed by atoms with Crippen LogP contribution in [-0.4, -0.2) is 10.8 Å². The summed E-state index contributed by atoms with van der Waals surface area (Å²) in [5, 5.41) is 22.3. The van der Waals surface area contributed by atoms with Gasteiger partial charge in [0.25, 0.3) is 11.6 Å². The molecule has 108 valence electrons. The van der Waals surface area contributed by atoms with Crippen molar-refractivity contribution in [3.8, 4) is 6.07 Å². The highest BCUT2D eigenvalue weighted by Crippen LogP contribution is 2.15. The molecule has 0 aliphatic carbocycles. The van der Waals surface area contributed by atoms with Crippen molar-refractivity contribution >= 4 is 23.4 Å². The molecule has 0 saturated carbocycles. The minimum atomic E-state index is -0.535. The average molecular weight is 293 g/mol. The van der Waals surface area contributed by atoms with Crippen LogP contribution in [0.2, 0.25) is 0 Å². The van der Waals surface area contributed by atoms with E-state index in [-0.39, 0.29) is 11.3 Å². The summed E-state index contributed by atoms with van der Waals surface area (Å²) in [5.41, 5.74) is 0.977. The minimum Gasteiger partial charge on any atom is -0.321 e. The van der Waals surface area contributed by atoms with Crippen molar-refractivity contribution in [2.45, 2.75) is 0 Å². The standard InChI is InChI=1S/C16H11N3O3/c17-11-13(16(20)18-14-4-2-1-3-5-14)10-12-6-8-15(9-7-12)19(21)22/h1-10H,(H,18,20)/b13-10-. The number of para-hydroxylation sites is 1. The van der Waals surface area contributed by atoms with Crippen LogP contribution in [0, 0.1) is 21.4 Å². The highest BCUT2D eigenvalue weighted by molar-refractivity contribution is 6.09. The first-order valence-corrected chi connectivity index (χ1v) is 6.33. The van der Waals surface area contributed by atoms with Gasteiger partial charge in [-0.05, 0) is 35.9 Å². The first-order chi connectivity index (χ1) is 10.6. The van der Waals surface area contributed by atoms with Crippen molar-refractivity contribution in [2.24, 2.45) is 0 Å². The van der Waals surface area contributed by atoms with E-state index in [1.165, 1.54) is 30.3 Å². The Hall–Kier alpha value is -3.46. The van der Waals surface area contributed by atoms with Crippen LogP contribution in [0.25, 0.3) is 6.08 Å². The number of hydrogen-bond donors (Lipinski definition) is 1. The molecule has 0 heterocycles. The number of carbonyl (C=O) groups is 1. The Labute approximate surface area is 126 Å². The van der Waals surface area contributed by atoms with Gasteiger partial charge in [0.05, 0.1) is 4.92 Å². The molecule has 1 amide bonds. The second kappa shape index (κ2) is 6.81. The van der Waals surface area contributed by atoms with Gasteiger partial charge in [0.2, 0.25) is 0 Å². The number of amides is 1. The number of anilines is 1. The summed E-state index contributed by atoms with van der Waals surface area (Å²) >= 11 is 0. The normalized spacial score (nSPS) is 10.6. The SMILES string of the molecule is N#C/C(=C/c1ccc([N+](=O)[O-])cc1)C(=O)Nc1ccccc1. The van der Waals surface area contributed by atoms with Gasteiger partial charge >= 0.3 is 0 Å². The smallest absolute Gasteiger partial charge is 0.269 e. The lowest BCUT2D eigenvalue weighted by molar-refractivity contribution is -0.384. The summed E-state index contributed by atoms with van der Waals surface area (Å²) in [6.45, 7) is 0. The molecule has 1 N–H and O–H groups in total. The van der Waals surface area contributed by atoms with Crippen molar-refractivity contribution in [3.63, 3.8) is 0 Å². The van der Waals surface area contributed by atoms with Gasteiger partial charge in [-0.15, -0.1) is 0 Å². The molecule has 2 aromatic rings. The number of carbonyl (C=O) groups excluding carboxylic acids is 1. The van der Waals surface area contributed by atoms with E-state index in [1.54, 1.807) is 24.3 Å². The topological polar surface area (TPSA) is 96.0 Å². The maximum absolute atomic E-state index is 12.0. The molecule has 0 bridgehead atoms. The number of benzene rings is 2. The fourth-order valence-corrected chi connectivity index (χ4v) is 1.73. The number of nitro benzene ring substituents is 1. The molecule has 0 radical (unpaired) electrons. The number of nitriles is 1. The third-order valence-electron chi connectivity index (χ3n) is 2.81. The van der Waals surface area contributed by atoms with Gasteiger partial charge in [0, 0.05) is 17.8 Å². The predicted molar refractivity (Wildman–Crippen MR) is 81.8 cm³/mol. The van der Waals surface area contributed by atoms with Gasteiger partial charge in [-0.25, -0.2) is 0 Å². The number of non-ortho nitro benzene ring substituents is 1. The van der Waals surface area contributed by atoms with Crippen LogP contribution in [-0.2, 0) is 4.79 Å². The van der Waals surface area contributed by atoms with Crippen LogP contribution in [0.15, 0.2) is 60.2 Å². The predicted octanol–water partition coefficient (Wildman–Crippen LogP) is 3.14. The second-order valence-corrected chi connectivity index (χ2v) is 4.34. The maximum Gasteiger partial charge on any atom is 0.269 e. The van der Waals surface area contributed by atoms with Crippen molar-refractivity contribution in [1.29, 1.82) is 5.26 Å². The molecule has 6 nitrogen and oxygen atoms in total. The Morgan fingerprint density at radius 2 is 1.77 bits per heavy atom. The van der Waals surface area contributed by atoms with E-state index in [9.17, 15) is 14.9 Å². The first kappa shape index (κ1) is 14.9. The summed E-state index contributed by atoms with van der Waals surface area (Å²) in [6.07, 6.45) is 1.38. The Bertz CT molecular complexity index is 759. The van der Waals surface area contributed by atoms with Crippen molar-refractivity contribution in [2.75, 3.05) is 5.32 Å². The summed E-state index contributed by atoms with van der Waals surface area (Å²) in [5.74, 6) is -0.535. The molecular formula is C16H11N3O3. The molecule has 0 aliphatic rings. The molecule has 6 heteroatoms. The van der Waals surface area contributed by atoms with E-state index < -0.39 is 10.8 Å². The van der Waals surface area contributed by atoms with Crippen molar-refractivity contribution < 1.29 is 9.72 Å². The molecule has 0 fully saturated rings. The second-order valence-electron chi connectivity index (χ2n) is 4.34. The molecule has 0 atom stereocenters. The third kappa shape index (κ3) is 3.77. The van der Waals surface area contributed by atoms with E-state index >= 15 is 0 Å². The number of hydrogen-bond acceptors (Lipinski definition) is 4. The van der Waals surface area contributed by atoms with Gasteiger partial charge < -0.3 is 5.32 Å². The maximum atomic E-state index is 12.0. The quantitative estimate of drug-likeness (QED) is 0.405. The highest BCUT2D eigenvalue weighted by atomic mass is 16.6. The van der Waals surface area contributed by atoms with Crippen LogP contribution < -0.4 is 5.32 Å².